The Morgan fingerprint density at radius 3 is 2.93 bits per heavy atom. The third kappa shape index (κ3) is 1.49. The lowest BCUT2D eigenvalue weighted by atomic mass is 9.89. The van der Waals surface area contributed by atoms with Crippen LogP contribution in [0.15, 0.2) is 12.1 Å². The Bertz CT molecular complexity index is 495. The largest absolute Gasteiger partial charge is 0.397 e. The first-order valence-corrected chi connectivity index (χ1v) is 5.21. The van der Waals surface area contributed by atoms with Gasteiger partial charge in [-0.2, -0.15) is 5.26 Å². The highest BCUT2D eigenvalue weighted by molar-refractivity contribution is 6.34. The molecule has 0 bridgehead atoms. The molecule has 0 heterocycles. The zero-order valence-electron chi connectivity index (χ0n) is 8.47. The molecule has 0 unspecified atom stereocenters. The molecule has 0 saturated heterocycles. The van der Waals surface area contributed by atoms with Gasteiger partial charge in [0.15, 0.2) is 0 Å². The number of hydrogen-bond acceptors (Lipinski definition) is 2. The number of aryl methyl sites for hydroxylation is 1. The fourth-order valence-electron chi connectivity index (χ4n) is 1.90. The zero-order valence-corrected chi connectivity index (χ0v) is 9.23. The van der Waals surface area contributed by atoms with Gasteiger partial charge in [-0.15, -0.1) is 0 Å². The van der Waals surface area contributed by atoms with E-state index in [0.29, 0.717) is 16.3 Å². The molecule has 0 fully saturated rings. The molecule has 0 atom stereocenters. The zero-order chi connectivity index (χ0) is 11.0. The van der Waals surface area contributed by atoms with Crippen molar-refractivity contribution in [2.45, 2.75) is 19.8 Å². The first-order chi connectivity index (χ1) is 7.15. The molecular weight excluding hydrogens is 208 g/mol. The van der Waals surface area contributed by atoms with Crippen molar-refractivity contribution in [3.8, 4) is 6.07 Å². The number of rotatable bonds is 0. The average Bonchev–Trinajstić information content (AvgIpc) is 2.25. The van der Waals surface area contributed by atoms with Gasteiger partial charge < -0.3 is 5.73 Å². The highest BCUT2D eigenvalue weighted by Crippen LogP contribution is 2.36. The molecule has 0 aliphatic heterocycles. The van der Waals surface area contributed by atoms with Gasteiger partial charge >= 0.3 is 0 Å². The topological polar surface area (TPSA) is 49.8 Å². The first kappa shape index (κ1) is 10.1. The van der Waals surface area contributed by atoms with Gasteiger partial charge in [0.25, 0.3) is 0 Å². The molecule has 1 aromatic rings. The van der Waals surface area contributed by atoms with Gasteiger partial charge in [-0.25, -0.2) is 0 Å². The fourth-order valence-corrected chi connectivity index (χ4v) is 2.24. The molecule has 0 amide bonds. The predicted molar refractivity (Wildman–Crippen MR) is 62.5 cm³/mol. The van der Waals surface area contributed by atoms with Crippen molar-refractivity contribution in [3.05, 3.63) is 33.9 Å². The number of nitrogens with two attached hydrogens (primary N) is 1. The van der Waals surface area contributed by atoms with Crippen molar-refractivity contribution in [2.75, 3.05) is 5.73 Å². The van der Waals surface area contributed by atoms with E-state index in [-0.39, 0.29) is 0 Å². The molecule has 0 saturated carbocycles. The Labute approximate surface area is 94.0 Å². The van der Waals surface area contributed by atoms with Crippen LogP contribution in [-0.2, 0) is 6.42 Å². The number of allylic oxidation sites excluding steroid dienone is 2. The maximum Gasteiger partial charge on any atom is 0.0994 e. The van der Waals surface area contributed by atoms with Gasteiger partial charge in [0.2, 0.25) is 0 Å². The van der Waals surface area contributed by atoms with E-state index < -0.39 is 0 Å². The summed E-state index contributed by atoms with van der Waals surface area (Å²) >= 11 is 6.18. The van der Waals surface area contributed by atoms with E-state index in [1.165, 1.54) is 0 Å². The Morgan fingerprint density at radius 2 is 2.27 bits per heavy atom. The summed E-state index contributed by atoms with van der Waals surface area (Å²) in [7, 11) is 0. The van der Waals surface area contributed by atoms with Crippen molar-refractivity contribution < 1.29 is 0 Å². The Hall–Kier alpha value is -1.46. The molecule has 2 rings (SSSR count). The van der Waals surface area contributed by atoms with E-state index in [1.807, 2.05) is 19.1 Å². The number of benzene rings is 1. The summed E-state index contributed by atoms with van der Waals surface area (Å²) in [5, 5.41) is 9.61. The number of anilines is 1. The molecule has 3 heteroatoms. The third-order valence-electron chi connectivity index (χ3n) is 2.77. The lowest BCUT2D eigenvalue weighted by molar-refractivity contribution is 0.979. The summed E-state index contributed by atoms with van der Waals surface area (Å²) in [5.74, 6) is 0. The van der Waals surface area contributed by atoms with Gasteiger partial charge in [0, 0.05) is 0 Å². The fraction of sp³-hybridized carbons (Fsp3) is 0.250. The number of nitrogen functional groups attached to an aromatic ring is 1. The van der Waals surface area contributed by atoms with Crippen LogP contribution in [-0.4, -0.2) is 0 Å². The van der Waals surface area contributed by atoms with E-state index in [1.54, 1.807) is 0 Å². The summed E-state index contributed by atoms with van der Waals surface area (Å²) in [6, 6.07) is 4.14. The number of nitrogens with zero attached hydrogens (tertiary/aromatic N) is 1. The van der Waals surface area contributed by atoms with Crippen molar-refractivity contribution in [1.82, 2.24) is 0 Å². The van der Waals surface area contributed by atoms with Gasteiger partial charge in [0.05, 0.1) is 22.4 Å². The summed E-state index contributed by atoms with van der Waals surface area (Å²) in [6.07, 6.45) is 3.68. The highest BCUT2D eigenvalue weighted by Gasteiger charge is 2.18. The summed E-state index contributed by atoms with van der Waals surface area (Å²) in [4.78, 5) is 0. The van der Waals surface area contributed by atoms with E-state index in [4.69, 9.17) is 22.6 Å². The highest BCUT2D eigenvalue weighted by atomic mass is 35.5. The third-order valence-corrected chi connectivity index (χ3v) is 3.20. The molecule has 15 heavy (non-hydrogen) atoms. The van der Waals surface area contributed by atoms with Gasteiger partial charge in [-0.3, -0.25) is 0 Å². The second kappa shape index (κ2) is 3.60. The summed E-state index contributed by atoms with van der Waals surface area (Å²) < 4.78 is 0. The lowest BCUT2D eigenvalue weighted by Crippen LogP contribution is -2.04. The molecule has 2 N–H and O–H groups in total. The van der Waals surface area contributed by atoms with Crippen LogP contribution >= 0.6 is 11.6 Å². The number of nitriles is 1. The SMILES string of the molecule is Cc1cc2c(c(Cl)c1N)CCC=C2C#N. The van der Waals surface area contributed by atoms with Crippen molar-refractivity contribution in [1.29, 1.82) is 5.26 Å². The predicted octanol–water partition coefficient (Wildman–Crippen LogP) is 3.08. The second-order valence-corrected chi connectivity index (χ2v) is 4.09. The minimum Gasteiger partial charge on any atom is -0.397 e. The van der Waals surface area contributed by atoms with Crippen LogP contribution in [0.25, 0.3) is 5.57 Å². The minimum atomic E-state index is 0.617. The van der Waals surface area contributed by atoms with Gasteiger partial charge in [-0.05, 0) is 42.5 Å². The minimum absolute atomic E-state index is 0.617. The molecule has 1 aliphatic carbocycles. The Balaban J connectivity index is 2.73. The molecule has 2 nitrogen and oxygen atoms in total. The molecular formula is C12H11ClN2. The normalized spacial score (nSPS) is 14.1. The van der Waals surface area contributed by atoms with E-state index in [9.17, 15) is 0 Å². The van der Waals surface area contributed by atoms with Gasteiger partial charge in [-0.1, -0.05) is 17.7 Å². The number of hydrogen-bond donors (Lipinski definition) is 1. The monoisotopic (exact) mass is 218 g/mol. The molecule has 1 aromatic carbocycles. The summed E-state index contributed by atoms with van der Waals surface area (Å²) in [6.45, 7) is 1.91. The molecule has 0 radical (unpaired) electrons. The smallest absolute Gasteiger partial charge is 0.0994 e. The maximum atomic E-state index is 9.00. The van der Waals surface area contributed by atoms with Crippen LogP contribution in [0, 0.1) is 18.3 Å². The lowest BCUT2D eigenvalue weighted by Gasteiger charge is -2.17. The van der Waals surface area contributed by atoms with Crippen molar-refractivity contribution in [2.24, 2.45) is 0 Å². The maximum absolute atomic E-state index is 9.00. The quantitative estimate of drug-likeness (QED) is 0.681. The van der Waals surface area contributed by atoms with E-state index in [2.05, 4.69) is 6.07 Å². The number of fused-ring (bicyclic) bond motifs is 1. The first-order valence-electron chi connectivity index (χ1n) is 4.83. The molecule has 1 aliphatic rings. The summed E-state index contributed by atoms with van der Waals surface area (Å²) in [5.41, 5.74) is 10.1. The van der Waals surface area contributed by atoms with Crippen molar-refractivity contribution in [3.63, 3.8) is 0 Å². The van der Waals surface area contributed by atoms with E-state index in [0.717, 1.165) is 29.5 Å². The van der Waals surface area contributed by atoms with Crippen LogP contribution in [0.4, 0.5) is 5.69 Å². The van der Waals surface area contributed by atoms with Crippen molar-refractivity contribution >= 4 is 22.9 Å². The van der Waals surface area contributed by atoms with Crippen LogP contribution in [0.3, 0.4) is 0 Å². The van der Waals surface area contributed by atoms with E-state index >= 15 is 0 Å². The standard InChI is InChI=1S/C12H11ClN2/c1-7-5-10-8(6-14)3-2-4-9(10)11(13)12(7)15/h3,5H,2,4,15H2,1H3. The molecule has 0 spiro atoms. The second-order valence-electron chi connectivity index (χ2n) is 3.72. The number of halogens is 1. The average molecular weight is 219 g/mol. The van der Waals surface area contributed by atoms with Crippen LogP contribution in [0.1, 0.15) is 23.1 Å². The van der Waals surface area contributed by atoms with Crippen LogP contribution in [0.2, 0.25) is 5.02 Å². The molecule has 0 aromatic heterocycles. The Kier molecular flexibility index (Phi) is 2.42. The Morgan fingerprint density at radius 1 is 1.53 bits per heavy atom. The van der Waals surface area contributed by atoms with Gasteiger partial charge in [0.1, 0.15) is 0 Å². The van der Waals surface area contributed by atoms with Crippen LogP contribution in [0.5, 0.6) is 0 Å². The van der Waals surface area contributed by atoms with Crippen LogP contribution < -0.4 is 5.73 Å². The molecule has 76 valence electrons.